The van der Waals surface area contributed by atoms with Crippen LogP contribution >= 0.6 is 0 Å². The van der Waals surface area contributed by atoms with Gasteiger partial charge in [-0.3, -0.25) is 4.72 Å². The van der Waals surface area contributed by atoms with Crippen LogP contribution in [0.15, 0.2) is 24.3 Å². The monoisotopic (exact) mass is 295 g/mol. The Balaban J connectivity index is 2.96. The predicted molar refractivity (Wildman–Crippen MR) is 68.2 cm³/mol. The van der Waals surface area contributed by atoms with Gasteiger partial charge in [0.1, 0.15) is 0 Å². The Bertz CT molecular complexity index is 545. The molecule has 0 radical (unpaired) electrons. The minimum Gasteiger partial charge on any atom is -0.276 e. The Morgan fingerprint density at radius 2 is 1.74 bits per heavy atom. The summed E-state index contributed by atoms with van der Waals surface area (Å²) in [4.78, 5) is 0. The second kappa shape index (κ2) is 5.03. The first kappa shape index (κ1) is 15.8. The van der Waals surface area contributed by atoms with E-state index in [2.05, 4.69) is 0 Å². The van der Waals surface area contributed by atoms with E-state index < -0.39 is 15.5 Å². The lowest BCUT2D eigenvalue weighted by atomic mass is 9.88. The number of hydrogen-bond acceptors (Lipinski definition) is 2. The number of halogens is 3. The van der Waals surface area contributed by atoms with E-state index in [1.54, 1.807) is 6.07 Å². The lowest BCUT2D eigenvalue weighted by Crippen LogP contribution is -2.29. The summed E-state index contributed by atoms with van der Waals surface area (Å²) in [6.45, 7) is 5.96. The van der Waals surface area contributed by atoms with Crippen LogP contribution in [0.25, 0.3) is 0 Å². The van der Waals surface area contributed by atoms with Crippen molar-refractivity contribution in [3.8, 4) is 0 Å². The van der Waals surface area contributed by atoms with Crippen LogP contribution in [0.3, 0.4) is 0 Å². The summed E-state index contributed by atoms with van der Waals surface area (Å²) >= 11 is 0. The van der Waals surface area contributed by atoms with Gasteiger partial charge in [-0.15, -0.1) is 0 Å². The maximum atomic E-state index is 12.2. The molecule has 1 aromatic carbocycles. The SMILES string of the molecule is CC(C)(C)Cc1cccc(NS(=O)(=O)C(F)(F)F)c1. The van der Waals surface area contributed by atoms with Crippen LogP contribution in [-0.4, -0.2) is 13.9 Å². The molecule has 0 fully saturated rings. The van der Waals surface area contributed by atoms with Gasteiger partial charge in [-0.2, -0.15) is 21.6 Å². The Morgan fingerprint density at radius 1 is 1.16 bits per heavy atom. The van der Waals surface area contributed by atoms with Crippen molar-refractivity contribution in [3.05, 3.63) is 29.8 Å². The maximum Gasteiger partial charge on any atom is 0.516 e. The molecule has 0 aliphatic rings. The Labute approximate surface area is 110 Å². The zero-order valence-corrected chi connectivity index (χ0v) is 11.7. The van der Waals surface area contributed by atoms with Gasteiger partial charge in [0.15, 0.2) is 0 Å². The zero-order chi connectivity index (χ0) is 14.9. The van der Waals surface area contributed by atoms with Crippen molar-refractivity contribution in [3.63, 3.8) is 0 Å². The van der Waals surface area contributed by atoms with E-state index in [1.807, 2.05) is 20.8 Å². The van der Waals surface area contributed by atoms with E-state index in [0.29, 0.717) is 6.42 Å². The van der Waals surface area contributed by atoms with Crippen molar-refractivity contribution in [2.45, 2.75) is 32.7 Å². The first-order valence-electron chi connectivity index (χ1n) is 5.59. The Kier molecular flexibility index (Phi) is 4.19. The van der Waals surface area contributed by atoms with Crippen LogP contribution in [0.2, 0.25) is 0 Å². The fourth-order valence-electron chi connectivity index (χ4n) is 1.57. The summed E-state index contributed by atoms with van der Waals surface area (Å²) in [7, 11) is -5.36. The molecule has 0 unspecified atom stereocenters. The quantitative estimate of drug-likeness (QED) is 0.927. The standard InChI is InChI=1S/C12H16F3NO2S/c1-11(2,3)8-9-5-4-6-10(7-9)16-19(17,18)12(13,14)15/h4-7,16H,8H2,1-3H3. The van der Waals surface area contributed by atoms with E-state index in [4.69, 9.17) is 0 Å². The van der Waals surface area contributed by atoms with Crippen LogP contribution in [-0.2, 0) is 16.4 Å². The second-order valence-electron chi connectivity index (χ2n) is 5.49. The third-order valence-corrected chi connectivity index (χ3v) is 3.33. The first-order valence-corrected chi connectivity index (χ1v) is 7.07. The minimum atomic E-state index is -5.36. The van der Waals surface area contributed by atoms with Gasteiger partial charge < -0.3 is 0 Å². The molecule has 1 N–H and O–H groups in total. The van der Waals surface area contributed by atoms with Crippen LogP contribution in [0.5, 0.6) is 0 Å². The van der Waals surface area contributed by atoms with Crippen molar-refractivity contribution in [1.29, 1.82) is 0 Å². The molecular weight excluding hydrogens is 279 g/mol. The van der Waals surface area contributed by atoms with Gasteiger partial charge in [-0.25, -0.2) is 0 Å². The van der Waals surface area contributed by atoms with Crippen molar-refractivity contribution < 1.29 is 21.6 Å². The van der Waals surface area contributed by atoms with Gasteiger partial charge in [0.05, 0.1) is 0 Å². The van der Waals surface area contributed by atoms with Crippen molar-refractivity contribution in [2.24, 2.45) is 5.41 Å². The number of nitrogens with one attached hydrogen (secondary N) is 1. The summed E-state index contributed by atoms with van der Waals surface area (Å²) in [6, 6.07) is 5.97. The Morgan fingerprint density at radius 3 is 2.21 bits per heavy atom. The van der Waals surface area contributed by atoms with Crippen LogP contribution in [0.4, 0.5) is 18.9 Å². The molecular formula is C12H16F3NO2S. The number of benzene rings is 1. The molecule has 0 spiro atoms. The van der Waals surface area contributed by atoms with Gasteiger partial charge in [0, 0.05) is 5.69 Å². The lowest BCUT2D eigenvalue weighted by molar-refractivity contribution is -0.0429. The molecule has 3 nitrogen and oxygen atoms in total. The van der Waals surface area contributed by atoms with Crippen LogP contribution in [0.1, 0.15) is 26.3 Å². The molecule has 1 aromatic rings. The molecule has 1 rings (SSSR count). The predicted octanol–water partition coefficient (Wildman–Crippen LogP) is 3.54. The largest absolute Gasteiger partial charge is 0.516 e. The zero-order valence-electron chi connectivity index (χ0n) is 10.9. The highest BCUT2D eigenvalue weighted by molar-refractivity contribution is 7.93. The van der Waals surface area contributed by atoms with E-state index in [9.17, 15) is 21.6 Å². The number of sulfonamides is 1. The topological polar surface area (TPSA) is 46.2 Å². The summed E-state index contributed by atoms with van der Waals surface area (Å²) in [5, 5.41) is 0. The average molecular weight is 295 g/mol. The van der Waals surface area contributed by atoms with Crippen LogP contribution in [0, 0.1) is 5.41 Å². The molecule has 7 heteroatoms. The number of anilines is 1. The first-order chi connectivity index (χ1) is 8.41. The molecule has 19 heavy (non-hydrogen) atoms. The van der Waals surface area contributed by atoms with E-state index in [1.165, 1.54) is 22.9 Å². The fraction of sp³-hybridized carbons (Fsp3) is 0.500. The second-order valence-corrected chi connectivity index (χ2v) is 7.16. The van der Waals surface area contributed by atoms with Gasteiger partial charge in [0.25, 0.3) is 0 Å². The molecule has 0 aliphatic carbocycles. The van der Waals surface area contributed by atoms with E-state index in [-0.39, 0.29) is 11.1 Å². The third-order valence-electron chi connectivity index (χ3n) is 2.22. The van der Waals surface area contributed by atoms with E-state index >= 15 is 0 Å². The summed E-state index contributed by atoms with van der Waals surface area (Å²) in [5.41, 5.74) is -4.66. The van der Waals surface area contributed by atoms with Gasteiger partial charge in [-0.1, -0.05) is 32.9 Å². The molecule has 0 saturated carbocycles. The smallest absolute Gasteiger partial charge is 0.276 e. The summed E-state index contributed by atoms with van der Waals surface area (Å²) < 4.78 is 60.2. The van der Waals surface area contributed by atoms with Crippen LogP contribution < -0.4 is 4.72 Å². The highest BCUT2D eigenvalue weighted by Crippen LogP contribution is 2.27. The molecule has 0 aromatic heterocycles. The van der Waals surface area contributed by atoms with Crippen molar-refractivity contribution >= 4 is 15.7 Å². The molecule has 108 valence electrons. The molecule has 0 bridgehead atoms. The highest BCUT2D eigenvalue weighted by Gasteiger charge is 2.46. The number of hydrogen-bond donors (Lipinski definition) is 1. The molecule has 0 saturated heterocycles. The highest BCUT2D eigenvalue weighted by atomic mass is 32.2. The fourth-order valence-corrected chi connectivity index (χ4v) is 2.12. The molecule has 0 heterocycles. The van der Waals surface area contributed by atoms with Crippen molar-refractivity contribution in [2.75, 3.05) is 4.72 Å². The number of alkyl halides is 3. The molecule has 0 atom stereocenters. The maximum absolute atomic E-state index is 12.2. The average Bonchev–Trinajstić information content (AvgIpc) is 2.12. The van der Waals surface area contributed by atoms with Crippen molar-refractivity contribution in [1.82, 2.24) is 0 Å². The van der Waals surface area contributed by atoms with Gasteiger partial charge in [0.2, 0.25) is 0 Å². The third kappa shape index (κ3) is 4.74. The molecule has 0 amide bonds. The summed E-state index contributed by atoms with van der Waals surface area (Å²) in [5.74, 6) is 0. The van der Waals surface area contributed by atoms with E-state index in [0.717, 1.165) is 5.56 Å². The normalized spacial score (nSPS) is 13.4. The van der Waals surface area contributed by atoms with Gasteiger partial charge >= 0.3 is 15.5 Å². The summed E-state index contributed by atoms with van der Waals surface area (Å²) in [6.07, 6.45) is 0.634. The molecule has 0 aliphatic heterocycles. The lowest BCUT2D eigenvalue weighted by Gasteiger charge is -2.18. The number of rotatable bonds is 3. The van der Waals surface area contributed by atoms with Gasteiger partial charge in [-0.05, 0) is 29.5 Å². The Hall–Kier alpha value is -1.24. The minimum absolute atomic E-state index is 0.0402.